The first kappa shape index (κ1) is 16.9. The average Bonchev–Trinajstić information content (AvgIpc) is 2.56. The molecule has 0 fully saturated rings. The fraction of sp³-hybridized carbons (Fsp3) is 0.167. The van der Waals surface area contributed by atoms with E-state index in [1.807, 2.05) is 6.92 Å². The number of anilines is 1. The van der Waals surface area contributed by atoms with E-state index in [1.165, 1.54) is 12.1 Å². The van der Waals surface area contributed by atoms with Crippen LogP contribution in [0, 0.1) is 24.1 Å². The molecule has 0 spiro atoms. The van der Waals surface area contributed by atoms with Crippen LogP contribution < -0.4 is 10.9 Å². The van der Waals surface area contributed by atoms with Crippen LogP contribution in [0.15, 0.2) is 35.1 Å². The molecule has 0 aliphatic rings. The van der Waals surface area contributed by atoms with Gasteiger partial charge in [0, 0.05) is 10.9 Å². The van der Waals surface area contributed by atoms with Gasteiger partial charge < -0.3 is 10.3 Å². The zero-order valence-corrected chi connectivity index (χ0v) is 14.3. The number of hydrogen-bond acceptors (Lipinski definition) is 4. The molecule has 1 aromatic carbocycles. The van der Waals surface area contributed by atoms with E-state index in [2.05, 4.69) is 21.4 Å². The van der Waals surface area contributed by atoms with Crippen molar-refractivity contribution in [2.24, 2.45) is 0 Å². The first-order valence-corrected chi connectivity index (χ1v) is 7.93. The van der Waals surface area contributed by atoms with Crippen molar-refractivity contribution in [2.75, 3.05) is 5.32 Å². The molecule has 0 bridgehead atoms. The Labute approximate surface area is 148 Å². The summed E-state index contributed by atoms with van der Waals surface area (Å²) in [5.74, 6) is -0.0263. The fourth-order valence-corrected chi connectivity index (χ4v) is 2.77. The number of halogens is 2. The molecule has 0 aliphatic carbocycles. The number of nitriles is 1. The SMILES string of the molecule is Cc1nc(NC(C)c2cc3cc(Cl)c(F)cc3[nH]c2=O)ccc1C#N. The zero-order valence-electron chi connectivity index (χ0n) is 13.5. The van der Waals surface area contributed by atoms with E-state index in [0.29, 0.717) is 33.5 Å². The van der Waals surface area contributed by atoms with E-state index in [9.17, 15) is 9.18 Å². The second-order valence-electron chi connectivity index (χ2n) is 5.71. The second-order valence-corrected chi connectivity index (χ2v) is 6.12. The van der Waals surface area contributed by atoms with E-state index >= 15 is 0 Å². The summed E-state index contributed by atoms with van der Waals surface area (Å²) < 4.78 is 13.5. The Bertz CT molecular complexity index is 1070. The minimum Gasteiger partial charge on any atom is -0.363 e. The van der Waals surface area contributed by atoms with Gasteiger partial charge in [0.2, 0.25) is 0 Å². The van der Waals surface area contributed by atoms with Crippen molar-refractivity contribution in [1.82, 2.24) is 9.97 Å². The Kier molecular flexibility index (Phi) is 4.43. The van der Waals surface area contributed by atoms with Crippen molar-refractivity contribution in [3.8, 4) is 6.07 Å². The van der Waals surface area contributed by atoms with Crippen molar-refractivity contribution in [3.63, 3.8) is 0 Å². The van der Waals surface area contributed by atoms with Crippen molar-refractivity contribution in [1.29, 1.82) is 5.26 Å². The molecule has 1 atom stereocenters. The molecule has 7 heteroatoms. The third-order valence-electron chi connectivity index (χ3n) is 3.95. The number of aromatic amines is 1. The zero-order chi connectivity index (χ0) is 18.1. The maximum absolute atomic E-state index is 13.5. The fourth-order valence-electron chi connectivity index (χ4n) is 2.60. The number of pyridine rings is 2. The lowest BCUT2D eigenvalue weighted by atomic mass is 10.1. The van der Waals surface area contributed by atoms with Crippen molar-refractivity contribution >= 4 is 28.3 Å². The van der Waals surface area contributed by atoms with Gasteiger partial charge in [0.15, 0.2) is 0 Å². The summed E-state index contributed by atoms with van der Waals surface area (Å²) in [6.45, 7) is 3.56. The number of nitrogens with zero attached hydrogens (tertiary/aromatic N) is 2. The van der Waals surface area contributed by atoms with Crippen LogP contribution in [-0.4, -0.2) is 9.97 Å². The van der Waals surface area contributed by atoms with Gasteiger partial charge in [-0.15, -0.1) is 0 Å². The largest absolute Gasteiger partial charge is 0.363 e. The number of aromatic nitrogens is 2. The molecule has 1 unspecified atom stereocenters. The predicted octanol–water partition coefficient (Wildman–Crippen LogP) is 4.07. The van der Waals surface area contributed by atoms with Crippen LogP contribution in [0.4, 0.5) is 10.2 Å². The van der Waals surface area contributed by atoms with E-state index in [-0.39, 0.29) is 16.6 Å². The highest BCUT2D eigenvalue weighted by atomic mass is 35.5. The van der Waals surface area contributed by atoms with Crippen molar-refractivity contribution in [3.05, 3.63) is 68.3 Å². The lowest BCUT2D eigenvalue weighted by molar-refractivity contribution is 0.629. The lowest BCUT2D eigenvalue weighted by Gasteiger charge is -2.15. The number of benzene rings is 1. The number of fused-ring (bicyclic) bond motifs is 1. The lowest BCUT2D eigenvalue weighted by Crippen LogP contribution is -2.20. The van der Waals surface area contributed by atoms with E-state index in [0.717, 1.165) is 0 Å². The molecule has 2 heterocycles. The number of aryl methyl sites for hydroxylation is 1. The molecule has 2 N–H and O–H groups in total. The minimum atomic E-state index is -0.582. The Morgan fingerprint density at radius 1 is 1.36 bits per heavy atom. The van der Waals surface area contributed by atoms with Crippen LogP contribution in [-0.2, 0) is 0 Å². The molecule has 2 aromatic heterocycles. The summed E-state index contributed by atoms with van der Waals surface area (Å²) in [4.78, 5) is 19.3. The molecule has 0 aliphatic heterocycles. The Morgan fingerprint density at radius 3 is 2.80 bits per heavy atom. The third kappa shape index (κ3) is 3.32. The van der Waals surface area contributed by atoms with E-state index < -0.39 is 5.82 Å². The second kappa shape index (κ2) is 6.54. The van der Waals surface area contributed by atoms with Crippen molar-refractivity contribution < 1.29 is 4.39 Å². The predicted molar refractivity (Wildman–Crippen MR) is 95.3 cm³/mol. The monoisotopic (exact) mass is 356 g/mol. The Morgan fingerprint density at radius 2 is 2.12 bits per heavy atom. The molecular formula is C18H14ClFN4O. The third-order valence-corrected chi connectivity index (χ3v) is 4.24. The quantitative estimate of drug-likeness (QED) is 0.741. The number of nitrogens with one attached hydrogen (secondary N) is 2. The Hall–Kier alpha value is -2.91. The van der Waals surface area contributed by atoms with Gasteiger partial charge in [-0.2, -0.15) is 5.26 Å². The molecule has 0 saturated carbocycles. The van der Waals surface area contributed by atoms with Gasteiger partial charge in [-0.1, -0.05) is 11.6 Å². The number of rotatable bonds is 3. The van der Waals surface area contributed by atoms with Gasteiger partial charge in [-0.25, -0.2) is 9.37 Å². The molecule has 0 radical (unpaired) electrons. The van der Waals surface area contributed by atoms with Gasteiger partial charge >= 0.3 is 0 Å². The van der Waals surface area contributed by atoms with Gasteiger partial charge in [-0.05, 0) is 44.2 Å². The van der Waals surface area contributed by atoms with E-state index in [4.69, 9.17) is 16.9 Å². The number of hydrogen-bond donors (Lipinski definition) is 2. The molecule has 126 valence electrons. The highest BCUT2D eigenvalue weighted by Gasteiger charge is 2.13. The van der Waals surface area contributed by atoms with Gasteiger partial charge in [-0.3, -0.25) is 4.79 Å². The van der Waals surface area contributed by atoms with Crippen LogP contribution in [0.1, 0.15) is 29.8 Å². The van der Waals surface area contributed by atoms with Crippen LogP contribution >= 0.6 is 11.6 Å². The van der Waals surface area contributed by atoms with E-state index in [1.54, 1.807) is 25.1 Å². The molecule has 0 saturated heterocycles. The highest BCUT2D eigenvalue weighted by Crippen LogP contribution is 2.24. The molecule has 3 aromatic rings. The molecule has 3 rings (SSSR count). The van der Waals surface area contributed by atoms with Gasteiger partial charge in [0.05, 0.1) is 27.8 Å². The molecule has 5 nitrogen and oxygen atoms in total. The van der Waals surface area contributed by atoms with Crippen LogP contribution in [0.3, 0.4) is 0 Å². The van der Waals surface area contributed by atoms with Crippen molar-refractivity contribution in [2.45, 2.75) is 19.9 Å². The van der Waals surface area contributed by atoms with Crippen LogP contribution in [0.2, 0.25) is 5.02 Å². The maximum atomic E-state index is 13.5. The maximum Gasteiger partial charge on any atom is 0.253 e. The molecule has 0 amide bonds. The first-order valence-electron chi connectivity index (χ1n) is 7.55. The average molecular weight is 357 g/mol. The highest BCUT2D eigenvalue weighted by molar-refractivity contribution is 6.31. The standard InChI is InChI=1S/C18H14ClFN4O/c1-9-11(8-21)3-4-17(22-9)23-10(2)13-5-12-6-14(19)15(20)7-16(12)24-18(13)25/h3-7,10H,1-2H3,(H,22,23)(H,24,25). The topological polar surface area (TPSA) is 81.6 Å². The Balaban J connectivity index is 1.96. The van der Waals surface area contributed by atoms with Gasteiger partial charge in [0.1, 0.15) is 17.7 Å². The smallest absolute Gasteiger partial charge is 0.253 e. The van der Waals surface area contributed by atoms with Crippen LogP contribution in [0.5, 0.6) is 0 Å². The van der Waals surface area contributed by atoms with Crippen LogP contribution in [0.25, 0.3) is 10.9 Å². The first-order chi connectivity index (χ1) is 11.9. The van der Waals surface area contributed by atoms with Gasteiger partial charge in [0.25, 0.3) is 5.56 Å². The summed E-state index contributed by atoms with van der Waals surface area (Å²) in [6.07, 6.45) is 0. The minimum absolute atomic E-state index is 0.00417. The summed E-state index contributed by atoms with van der Waals surface area (Å²) in [5, 5.41) is 12.7. The number of H-pyrrole nitrogens is 1. The molecular weight excluding hydrogens is 343 g/mol. The molecule has 25 heavy (non-hydrogen) atoms. The summed E-state index contributed by atoms with van der Waals surface area (Å²) in [7, 11) is 0. The normalized spacial score (nSPS) is 12.0. The summed E-state index contributed by atoms with van der Waals surface area (Å²) in [6, 6.07) is 9.41. The summed E-state index contributed by atoms with van der Waals surface area (Å²) >= 11 is 5.82. The summed E-state index contributed by atoms with van der Waals surface area (Å²) in [5.41, 5.74) is 1.64.